The van der Waals surface area contributed by atoms with Gasteiger partial charge in [-0.15, -0.1) is 0 Å². The van der Waals surface area contributed by atoms with Crippen molar-refractivity contribution in [1.29, 1.82) is 0 Å². The SMILES string of the molecule is COc1cc(C)c(C)[n+]([O-])c1. The predicted molar refractivity (Wildman–Crippen MR) is 41.4 cm³/mol. The maximum atomic E-state index is 11.1. The van der Waals surface area contributed by atoms with Crippen molar-refractivity contribution in [2.45, 2.75) is 13.8 Å². The number of ether oxygens (including phenoxy) is 1. The third kappa shape index (κ3) is 1.42. The van der Waals surface area contributed by atoms with Crippen LogP contribution in [0.25, 0.3) is 0 Å². The number of rotatable bonds is 1. The van der Waals surface area contributed by atoms with Crippen molar-refractivity contribution in [1.82, 2.24) is 0 Å². The normalized spacial score (nSPS) is 9.73. The Bertz CT molecular complexity index is 248. The average molecular weight is 153 g/mol. The van der Waals surface area contributed by atoms with E-state index in [1.807, 2.05) is 13.0 Å². The number of aryl methyl sites for hydroxylation is 1. The summed E-state index contributed by atoms with van der Waals surface area (Å²) in [6.45, 7) is 3.66. The highest BCUT2D eigenvalue weighted by Gasteiger charge is 2.05. The van der Waals surface area contributed by atoms with Crippen LogP contribution < -0.4 is 9.47 Å². The molecule has 0 atom stereocenters. The van der Waals surface area contributed by atoms with Crippen LogP contribution in [-0.4, -0.2) is 7.11 Å². The maximum absolute atomic E-state index is 11.1. The smallest absolute Gasteiger partial charge is 0.222 e. The second-order valence-electron chi connectivity index (χ2n) is 2.47. The predicted octanol–water partition coefficient (Wildman–Crippen LogP) is 0.945. The molecule has 0 aliphatic carbocycles. The van der Waals surface area contributed by atoms with Gasteiger partial charge in [-0.1, -0.05) is 0 Å². The van der Waals surface area contributed by atoms with E-state index in [-0.39, 0.29) is 0 Å². The first-order chi connectivity index (χ1) is 5.15. The Morgan fingerprint density at radius 1 is 1.45 bits per heavy atom. The lowest BCUT2D eigenvalue weighted by molar-refractivity contribution is -0.613. The largest absolute Gasteiger partial charge is 0.618 e. The van der Waals surface area contributed by atoms with Gasteiger partial charge in [-0.3, -0.25) is 0 Å². The van der Waals surface area contributed by atoms with Gasteiger partial charge in [0.1, 0.15) is 0 Å². The number of nitrogens with zero attached hydrogens (tertiary/aromatic N) is 1. The van der Waals surface area contributed by atoms with E-state index < -0.39 is 0 Å². The minimum atomic E-state index is 0.600. The van der Waals surface area contributed by atoms with Crippen LogP contribution in [0, 0.1) is 19.1 Å². The first-order valence-corrected chi connectivity index (χ1v) is 3.39. The van der Waals surface area contributed by atoms with Crippen LogP contribution in [0.4, 0.5) is 0 Å². The van der Waals surface area contributed by atoms with E-state index in [0.717, 1.165) is 10.3 Å². The van der Waals surface area contributed by atoms with E-state index in [1.165, 1.54) is 6.20 Å². The molecule has 0 saturated heterocycles. The lowest BCUT2D eigenvalue weighted by atomic mass is 10.2. The molecule has 3 nitrogen and oxygen atoms in total. The van der Waals surface area contributed by atoms with Gasteiger partial charge < -0.3 is 9.94 Å². The van der Waals surface area contributed by atoms with Crippen molar-refractivity contribution in [3.8, 4) is 5.75 Å². The van der Waals surface area contributed by atoms with Gasteiger partial charge in [0.15, 0.2) is 11.4 Å². The Kier molecular flexibility index (Phi) is 1.98. The van der Waals surface area contributed by atoms with Crippen LogP contribution in [0.1, 0.15) is 11.3 Å². The van der Waals surface area contributed by atoms with Crippen LogP contribution in [0.15, 0.2) is 12.3 Å². The Balaban J connectivity index is 3.21. The van der Waals surface area contributed by atoms with Crippen molar-refractivity contribution in [3.63, 3.8) is 0 Å². The van der Waals surface area contributed by atoms with Gasteiger partial charge in [0, 0.05) is 12.5 Å². The summed E-state index contributed by atoms with van der Waals surface area (Å²) in [4.78, 5) is 0. The second kappa shape index (κ2) is 2.78. The van der Waals surface area contributed by atoms with E-state index >= 15 is 0 Å². The van der Waals surface area contributed by atoms with Gasteiger partial charge in [0.2, 0.25) is 6.20 Å². The minimum absolute atomic E-state index is 0.600. The van der Waals surface area contributed by atoms with Gasteiger partial charge in [-0.2, -0.15) is 4.73 Å². The fourth-order valence-corrected chi connectivity index (χ4v) is 0.853. The quantitative estimate of drug-likeness (QED) is 0.444. The molecule has 1 rings (SSSR count). The molecule has 0 bridgehead atoms. The molecule has 0 spiro atoms. The Labute approximate surface area is 65.8 Å². The number of hydrogen-bond acceptors (Lipinski definition) is 2. The van der Waals surface area contributed by atoms with Gasteiger partial charge in [0.25, 0.3) is 0 Å². The molecule has 0 radical (unpaired) electrons. The molecule has 0 N–H and O–H groups in total. The summed E-state index contributed by atoms with van der Waals surface area (Å²) in [6.07, 6.45) is 1.42. The standard InChI is InChI=1S/C8H11NO2/c1-6-4-8(11-3)5-9(10)7(6)2/h4-5H,1-3H3. The zero-order valence-corrected chi connectivity index (χ0v) is 6.92. The van der Waals surface area contributed by atoms with Crippen molar-refractivity contribution < 1.29 is 9.47 Å². The van der Waals surface area contributed by atoms with Crippen molar-refractivity contribution in [3.05, 3.63) is 28.7 Å². The number of aromatic nitrogens is 1. The average Bonchev–Trinajstić information content (AvgIpc) is 1.99. The molecular formula is C8H11NO2. The first-order valence-electron chi connectivity index (χ1n) is 3.39. The molecule has 0 aliphatic rings. The fourth-order valence-electron chi connectivity index (χ4n) is 0.853. The summed E-state index contributed by atoms with van der Waals surface area (Å²) in [5.74, 6) is 0.600. The molecular weight excluding hydrogens is 142 g/mol. The number of methoxy groups -OCH3 is 1. The summed E-state index contributed by atoms with van der Waals surface area (Å²) in [5, 5.41) is 11.1. The van der Waals surface area contributed by atoms with Gasteiger partial charge in [-0.05, 0) is 13.0 Å². The van der Waals surface area contributed by atoms with E-state index in [0.29, 0.717) is 11.4 Å². The zero-order chi connectivity index (χ0) is 8.43. The Hall–Kier alpha value is -1.25. The maximum Gasteiger partial charge on any atom is 0.222 e. The molecule has 0 unspecified atom stereocenters. The highest BCUT2D eigenvalue weighted by molar-refractivity contribution is 5.23. The van der Waals surface area contributed by atoms with E-state index in [2.05, 4.69) is 0 Å². The molecule has 0 aromatic carbocycles. The molecule has 11 heavy (non-hydrogen) atoms. The molecule has 0 saturated carbocycles. The van der Waals surface area contributed by atoms with Crippen molar-refractivity contribution >= 4 is 0 Å². The highest BCUT2D eigenvalue weighted by atomic mass is 16.5. The van der Waals surface area contributed by atoms with Crippen molar-refractivity contribution in [2.24, 2.45) is 0 Å². The Morgan fingerprint density at radius 3 is 2.55 bits per heavy atom. The molecule has 60 valence electrons. The summed E-state index contributed by atoms with van der Waals surface area (Å²) >= 11 is 0. The molecule has 3 heteroatoms. The molecule has 0 amide bonds. The molecule has 1 aromatic heterocycles. The van der Waals surface area contributed by atoms with Crippen LogP contribution in [0.5, 0.6) is 5.75 Å². The summed E-state index contributed by atoms with van der Waals surface area (Å²) in [5.41, 5.74) is 1.66. The second-order valence-corrected chi connectivity index (χ2v) is 2.47. The van der Waals surface area contributed by atoms with Crippen LogP contribution >= 0.6 is 0 Å². The first kappa shape index (κ1) is 7.85. The molecule has 1 aromatic rings. The zero-order valence-electron chi connectivity index (χ0n) is 6.92. The van der Waals surface area contributed by atoms with Gasteiger partial charge in [-0.25, -0.2) is 0 Å². The van der Waals surface area contributed by atoms with Crippen LogP contribution in [0.3, 0.4) is 0 Å². The molecule has 1 heterocycles. The fraction of sp³-hybridized carbons (Fsp3) is 0.375. The van der Waals surface area contributed by atoms with Crippen LogP contribution in [-0.2, 0) is 0 Å². The summed E-state index contributed by atoms with van der Waals surface area (Å²) < 4.78 is 5.72. The monoisotopic (exact) mass is 153 g/mol. The molecule has 0 fully saturated rings. The third-order valence-electron chi connectivity index (χ3n) is 1.74. The van der Waals surface area contributed by atoms with Crippen LogP contribution in [0.2, 0.25) is 0 Å². The lowest BCUT2D eigenvalue weighted by Crippen LogP contribution is -2.30. The highest BCUT2D eigenvalue weighted by Crippen LogP contribution is 2.10. The lowest BCUT2D eigenvalue weighted by Gasteiger charge is -2.05. The minimum Gasteiger partial charge on any atom is -0.618 e. The topological polar surface area (TPSA) is 36.2 Å². The van der Waals surface area contributed by atoms with E-state index in [4.69, 9.17) is 4.74 Å². The Morgan fingerprint density at radius 2 is 2.09 bits per heavy atom. The number of pyridine rings is 1. The molecule has 0 aliphatic heterocycles. The third-order valence-corrected chi connectivity index (χ3v) is 1.74. The van der Waals surface area contributed by atoms with Gasteiger partial charge >= 0.3 is 0 Å². The number of hydrogen-bond donors (Lipinski definition) is 0. The summed E-state index contributed by atoms with van der Waals surface area (Å²) in [7, 11) is 1.55. The van der Waals surface area contributed by atoms with Crippen molar-refractivity contribution in [2.75, 3.05) is 7.11 Å². The van der Waals surface area contributed by atoms with Gasteiger partial charge in [0.05, 0.1) is 7.11 Å². The van der Waals surface area contributed by atoms with E-state index in [9.17, 15) is 5.21 Å². The van der Waals surface area contributed by atoms with E-state index in [1.54, 1.807) is 14.0 Å². The summed E-state index contributed by atoms with van der Waals surface area (Å²) in [6, 6.07) is 1.84.